The highest BCUT2D eigenvalue weighted by atomic mass is 16.6. The van der Waals surface area contributed by atoms with Gasteiger partial charge in [0.2, 0.25) is 5.89 Å². The number of ether oxygens (including phenoxy) is 1. The first-order chi connectivity index (χ1) is 12.4. The van der Waals surface area contributed by atoms with Crippen molar-refractivity contribution in [3.63, 3.8) is 0 Å². The van der Waals surface area contributed by atoms with Gasteiger partial charge >= 0.3 is 5.97 Å². The van der Waals surface area contributed by atoms with Crippen molar-refractivity contribution in [1.82, 2.24) is 4.98 Å². The summed E-state index contributed by atoms with van der Waals surface area (Å²) in [5.74, 6) is 0.261. The van der Waals surface area contributed by atoms with Crippen molar-refractivity contribution in [3.05, 3.63) is 77.7 Å². The average molecular weight is 347 g/mol. The van der Waals surface area contributed by atoms with Gasteiger partial charge in [0.25, 0.3) is 0 Å². The lowest BCUT2D eigenvalue weighted by Gasteiger charge is -2.18. The molecular formula is C22H21NO3. The van der Waals surface area contributed by atoms with Gasteiger partial charge in [-0.15, -0.1) is 0 Å². The highest BCUT2D eigenvalue weighted by molar-refractivity contribution is 5.92. The minimum absolute atomic E-state index is 0.172. The number of carbonyl (C=O) groups is 1. The quantitative estimate of drug-likeness (QED) is 0.587. The normalized spacial score (nSPS) is 11.7. The van der Waals surface area contributed by atoms with E-state index in [2.05, 4.69) is 4.98 Å². The lowest BCUT2D eigenvalue weighted by atomic mass is 10.2. The van der Waals surface area contributed by atoms with E-state index in [4.69, 9.17) is 9.15 Å². The fraction of sp³-hybridized carbons (Fsp3) is 0.182. The van der Waals surface area contributed by atoms with E-state index in [0.29, 0.717) is 11.7 Å². The van der Waals surface area contributed by atoms with E-state index in [-0.39, 0.29) is 5.69 Å². The maximum atomic E-state index is 12.6. The molecule has 4 heteroatoms. The topological polar surface area (TPSA) is 52.3 Å². The third-order valence-electron chi connectivity index (χ3n) is 3.49. The molecule has 3 aromatic rings. The van der Waals surface area contributed by atoms with Gasteiger partial charge in [-0.1, -0.05) is 54.6 Å². The molecule has 26 heavy (non-hydrogen) atoms. The molecule has 1 heterocycles. The SMILES string of the molecule is CC(C)(C)OC(=O)c1nc(-c2ccccc2)oc1/C=C/c1ccccc1. The molecule has 4 nitrogen and oxygen atoms in total. The predicted octanol–water partition coefficient (Wildman–Crippen LogP) is 5.47. The minimum atomic E-state index is -0.608. The summed E-state index contributed by atoms with van der Waals surface area (Å²) in [4.78, 5) is 16.9. The largest absolute Gasteiger partial charge is 0.455 e. The number of aromatic nitrogens is 1. The lowest BCUT2D eigenvalue weighted by Crippen LogP contribution is -2.24. The van der Waals surface area contributed by atoms with Crippen LogP contribution in [0.25, 0.3) is 23.6 Å². The molecule has 1 aromatic heterocycles. The predicted molar refractivity (Wildman–Crippen MR) is 102 cm³/mol. The van der Waals surface area contributed by atoms with E-state index in [1.165, 1.54) is 0 Å². The molecular weight excluding hydrogens is 326 g/mol. The molecule has 0 bridgehead atoms. The van der Waals surface area contributed by atoms with Crippen LogP contribution < -0.4 is 0 Å². The van der Waals surface area contributed by atoms with Crippen molar-refractivity contribution >= 4 is 18.1 Å². The van der Waals surface area contributed by atoms with Gasteiger partial charge < -0.3 is 9.15 Å². The third kappa shape index (κ3) is 4.48. The van der Waals surface area contributed by atoms with E-state index in [1.807, 2.05) is 87.5 Å². The van der Waals surface area contributed by atoms with Crippen LogP contribution in [0.5, 0.6) is 0 Å². The van der Waals surface area contributed by atoms with Gasteiger partial charge in [-0.05, 0) is 44.5 Å². The van der Waals surface area contributed by atoms with Gasteiger partial charge in [0.15, 0.2) is 11.5 Å². The molecule has 0 fully saturated rings. The number of nitrogens with zero attached hydrogens (tertiary/aromatic N) is 1. The molecule has 0 N–H and O–H groups in total. The van der Waals surface area contributed by atoms with Crippen LogP contribution in [0.1, 0.15) is 42.6 Å². The van der Waals surface area contributed by atoms with Crippen LogP contribution in [0.4, 0.5) is 0 Å². The number of esters is 1. The number of hydrogen-bond donors (Lipinski definition) is 0. The Labute approximate surface area is 153 Å². The standard InChI is InChI=1S/C22H21NO3/c1-22(2,3)26-21(24)19-18(15-14-16-10-6-4-7-11-16)25-20(23-19)17-12-8-5-9-13-17/h4-15H,1-3H3/b15-14+. The zero-order chi connectivity index (χ0) is 18.6. The van der Waals surface area contributed by atoms with Crippen molar-refractivity contribution < 1.29 is 13.9 Å². The van der Waals surface area contributed by atoms with Crippen LogP contribution in [-0.4, -0.2) is 16.6 Å². The number of rotatable bonds is 4. The van der Waals surface area contributed by atoms with Crippen LogP contribution in [-0.2, 0) is 4.74 Å². The molecule has 0 unspecified atom stereocenters. The van der Waals surface area contributed by atoms with E-state index < -0.39 is 11.6 Å². The Hall–Kier alpha value is -3.14. The van der Waals surface area contributed by atoms with Crippen LogP contribution >= 0.6 is 0 Å². The minimum Gasteiger partial charge on any atom is -0.455 e. The fourth-order valence-corrected chi connectivity index (χ4v) is 2.36. The first kappa shape index (κ1) is 17.7. The van der Waals surface area contributed by atoms with E-state index >= 15 is 0 Å². The Morgan fingerprint density at radius 2 is 1.58 bits per heavy atom. The van der Waals surface area contributed by atoms with Gasteiger partial charge in [0, 0.05) is 5.56 Å². The molecule has 0 aliphatic carbocycles. The number of benzene rings is 2. The molecule has 0 amide bonds. The summed E-state index contributed by atoms with van der Waals surface area (Å²) in [7, 11) is 0. The van der Waals surface area contributed by atoms with Crippen molar-refractivity contribution in [2.24, 2.45) is 0 Å². The summed E-state index contributed by atoms with van der Waals surface area (Å²) in [5.41, 5.74) is 1.37. The second kappa shape index (κ2) is 7.40. The number of hydrogen-bond acceptors (Lipinski definition) is 4. The smallest absolute Gasteiger partial charge is 0.361 e. The molecule has 0 aliphatic rings. The van der Waals surface area contributed by atoms with Crippen LogP contribution in [0, 0.1) is 0 Å². The van der Waals surface area contributed by atoms with Gasteiger partial charge in [-0.3, -0.25) is 0 Å². The molecule has 0 atom stereocenters. The maximum absolute atomic E-state index is 12.6. The highest BCUT2D eigenvalue weighted by Gasteiger charge is 2.25. The van der Waals surface area contributed by atoms with Crippen molar-refractivity contribution in [3.8, 4) is 11.5 Å². The summed E-state index contributed by atoms with van der Waals surface area (Å²) in [6.07, 6.45) is 3.62. The van der Waals surface area contributed by atoms with Crippen LogP contribution in [0.3, 0.4) is 0 Å². The first-order valence-corrected chi connectivity index (χ1v) is 8.45. The molecule has 0 aliphatic heterocycles. The highest BCUT2D eigenvalue weighted by Crippen LogP contribution is 2.25. The zero-order valence-corrected chi connectivity index (χ0v) is 15.1. The number of oxazole rings is 1. The molecule has 0 saturated heterocycles. The van der Waals surface area contributed by atoms with Crippen LogP contribution in [0.15, 0.2) is 65.1 Å². The molecule has 0 radical (unpaired) electrons. The van der Waals surface area contributed by atoms with E-state index in [9.17, 15) is 4.79 Å². The Kier molecular flexibility index (Phi) is 5.03. The summed E-state index contributed by atoms with van der Waals surface area (Å²) >= 11 is 0. The molecule has 0 saturated carbocycles. The Morgan fingerprint density at radius 3 is 2.19 bits per heavy atom. The molecule has 3 rings (SSSR count). The Bertz CT molecular complexity index is 904. The van der Waals surface area contributed by atoms with Crippen LogP contribution in [0.2, 0.25) is 0 Å². The van der Waals surface area contributed by atoms with Crippen molar-refractivity contribution in [1.29, 1.82) is 0 Å². The summed E-state index contributed by atoms with van der Waals surface area (Å²) in [6, 6.07) is 19.3. The summed E-state index contributed by atoms with van der Waals surface area (Å²) in [5, 5.41) is 0. The van der Waals surface area contributed by atoms with Crippen molar-refractivity contribution in [2.45, 2.75) is 26.4 Å². The lowest BCUT2D eigenvalue weighted by molar-refractivity contribution is 0.00626. The van der Waals surface area contributed by atoms with Gasteiger partial charge in [0.1, 0.15) is 5.60 Å². The molecule has 132 valence electrons. The zero-order valence-electron chi connectivity index (χ0n) is 15.1. The van der Waals surface area contributed by atoms with E-state index in [0.717, 1.165) is 11.1 Å². The van der Waals surface area contributed by atoms with Gasteiger partial charge in [-0.25, -0.2) is 9.78 Å². The average Bonchev–Trinajstić information content (AvgIpc) is 3.05. The second-order valence-electron chi connectivity index (χ2n) is 6.84. The Morgan fingerprint density at radius 1 is 0.962 bits per heavy atom. The second-order valence-corrected chi connectivity index (χ2v) is 6.84. The summed E-state index contributed by atoms with van der Waals surface area (Å²) in [6.45, 7) is 5.47. The van der Waals surface area contributed by atoms with Crippen molar-refractivity contribution in [2.75, 3.05) is 0 Å². The number of carbonyl (C=O) groups excluding carboxylic acids is 1. The van der Waals surface area contributed by atoms with E-state index in [1.54, 1.807) is 6.08 Å². The molecule has 0 spiro atoms. The fourth-order valence-electron chi connectivity index (χ4n) is 2.36. The monoisotopic (exact) mass is 347 g/mol. The molecule has 2 aromatic carbocycles. The summed E-state index contributed by atoms with van der Waals surface area (Å²) < 4.78 is 11.3. The van der Waals surface area contributed by atoms with Gasteiger partial charge in [-0.2, -0.15) is 0 Å². The maximum Gasteiger partial charge on any atom is 0.361 e. The third-order valence-corrected chi connectivity index (χ3v) is 3.49. The Balaban J connectivity index is 1.99. The first-order valence-electron chi connectivity index (χ1n) is 8.45. The van der Waals surface area contributed by atoms with Gasteiger partial charge in [0.05, 0.1) is 0 Å².